The lowest BCUT2D eigenvalue weighted by atomic mass is 10.1. The number of rotatable bonds is 4. The summed E-state index contributed by atoms with van der Waals surface area (Å²) >= 11 is 0. The Bertz CT molecular complexity index is 460. The smallest absolute Gasteiger partial charge is 0.241 e. The van der Waals surface area contributed by atoms with E-state index < -0.39 is 20.9 Å². The topological polar surface area (TPSA) is 59.1 Å². The summed E-state index contributed by atoms with van der Waals surface area (Å²) in [5.74, 6) is -0.715. The van der Waals surface area contributed by atoms with E-state index >= 15 is 0 Å². The SMILES string of the molecule is CC(C)C(C)NS(=O)(=O)c1ncccc1F. The summed E-state index contributed by atoms with van der Waals surface area (Å²) in [7, 11) is -3.87. The third-order valence-corrected chi connectivity index (χ3v) is 3.81. The fraction of sp³-hybridized carbons (Fsp3) is 0.500. The highest BCUT2D eigenvalue weighted by Crippen LogP contribution is 2.12. The predicted molar refractivity (Wildman–Crippen MR) is 58.8 cm³/mol. The van der Waals surface area contributed by atoms with Crippen LogP contribution in [0.15, 0.2) is 23.4 Å². The largest absolute Gasteiger partial charge is 0.261 e. The molecule has 1 rings (SSSR count). The molecule has 0 aliphatic carbocycles. The van der Waals surface area contributed by atoms with Crippen LogP contribution in [-0.2, 0) is 10.0 Å². The van der Waals surface area contributed by atoms with Gasteiger partial charge in [-0.3, -0.25) is 0 Å². The summed E-state index contributed by atoms with van der Waals surface area (Å²) < 4.78 is 39.1. The van der Waals surface area contributed by atoms with Crippen molar-refractivity contribution in [2.24, 2.45) is 5.92 Å². The van der Waals surface area contributed by atoms with Crippen molar-refractivity contribution in [3.8, 4) is 0 Å². The van der Waals surface area contributed by atoms with Crippen molar-refractivity contribution in [1.29, 1.82) is 0 Å². The maximum atomic E-state index is 13.3. The molecule has 1 aromatic rings. The standard InChI is InChI=1S/C10H15FN2O2S/c1-7(2)8(3)13-16(14,15)10-9(11)5-4-6-12-10/h4-8,13H,1-3H3. The lowest BCUT2D eigenvalue weighted by Crippen LogP contribution is -2.36. The Morgan fingerprint density at radius 1 is 1.38 bits per heavy atom. The first-order valence-corrected chi connectivity index (χ1v) is 6.45. The van der Waals surface area contributed by atoms with E-state index in [0.29, 0.717) is 0 Å². The number of halogens is 1. The molecule has 6 heteroatoms. The molecule has 1 atom stereocenters. The molecule has 0 saturated carbocycles. The molecule has 0 spiro atoms. The van der Waals surface area contributed by atoms with Gasteiger partial charge < -0.3 is 0 Å². The van der Waals surface area contributed by atoms with Crippen LogP contribution in [0.4, 0.5) is 4.39 Å². The molecule has 0 aromatic carbocycles. The van der Waals surface area contributed by atoms with Crippen molar-refractivity contribution < 1.29 is 12.8 Å². The van der Waals surface area contributed by atoms with Gasteiger partial charge in [0.15, 0.2) is 5.82 Å². The van der Waals surface area contributed by atoms with E-state index in [4.69, 9.17) is 0 Å². The van der Waals surface area contributed by atoms with Crippen LogP contribution in [0.25, 0.3) is 0 Å². The van der Waals surface area contributed by atoms with Gasteiger partial charge in [-0.15, -0.1) is 0 Å². The molecule has 16 heavy (non-hydrogen) atoms. The first kappa shape index (κ1) is 13.1. The number of nitrogens with zero attached hydrogens (tertiary/aromatic N) is 1. The third kappa shape index (κ3) is 2.99. The summed E-state index contributed by atoms with van der Waals surface area (Å²) in [6.07, 6.45) is 1.25. The third-order valence-electron chi connectivity index (χ3n) is 2.32. The van der Waals surface area contributed by atoms with Crippen LogP contribution >= 0.6 is 0 Å². The zero-order chi connectivity index (χ0) is 12.3. The van der Waals surface area contributed by atoms with E-state index in [9.17, 15) is 12.8 Å². The Labute approximate surface area is 95.0 Å². The Balaban J connectivity index is 3.00. The molecule has 90 valence electrons. The van der Waals surface area contributed by atoms with E-state index in [1.54, 1.807) is 6.92 Å². The van der Waals surface area contributed by atoms with Gasteiger partial charge in [-0.25, -0.2) is 22.5 Å². The Morgan fingerprint density at radius 2 is 2.00 bits per heavy atom. The molecular weight excluding hydrogens is 231 g/mol. The fourth-order valence-electron chi connectivity index (χ4n) is 1.01. The monoisotopic (exact) mass is 246 g/mol. The number of hydrogen-bond donors (Lipinski definition) is 1. The van der Waals surface area contributed by atoms with E-state index in [2.05, 4.69) is 9.71 Å². The zero-order valence-electron chi connectivity index (χ0n) is 9.44. The number of nitrogens with one attached hydrogen (secondary N) is 1. The summed E-state index contributed by atoms with van der Waals surface area (Å²) in [6, 6.07) is 2.15. The van der Waals surface area contributed by atoms with Gasteiger partial charge >= 0.3 is 0 Å². The molecule has 0 radical (unpaired) electrons. The van der Waals surface area contributed by atoms with E-state index in [-0.39, 0.29) is 12.0 Å². The van der Waals surface area contributed by atoms with Gasteiger partial charge in [-0.1, -0.05) is 13.8 Å². The van der Waals surface area contributed by atoms with Crippen LogP contribution in [0.5, 0.6) is 0 Å². The van der Waals surface area contributed by atoms with Crippen LogP contribution < -0.4 is 4.72 Å². The Morgan fingerprint density at radius 3 is 2.50 bits per heavy atom. The van der Waals surface area contributed by atoms with E-state index in [1.165, 1.54) is 12.3 Å². The van der Waals surface area contributed by atoms with Crippen molar-refractivity contribution in [1.82, 2.24) is 9.71 Å². The highest BCUT2D eigenvalue weighted by molar-refractivity contribution is 7.89. The number of sulfonamides is 1. The second-order valence-corrected chi connectivity index (χ2v) is 5.57. The molecule has 0 aliphatic rings. The number of hydrogen-bond acceptors (Lipinski definition) is 3. The molecule has 1 heterocycles. The maximum Gasteiger partial charge on any atom is 0.261 e. The van der Waals surface area contributed by atoms with Gasteiger partial charge in [0.25, 0.3) is 10.0 Å². The normalized spacial score (nSPS) is 14.1. The highest BCUT2D eigenvalue weighted by atomic mass is 32.2. The van der Waals surface area contributed by atoms with Gasteiger partial charge in [0, 0.05) is 12.2 Å². The average Bonchev–Trinajstić information content (AvgIpc) is 2.17. The minimum absolute atomic E-state index is 0.126. The molecule has 0 saturated heterocycles. The summed E-state index contributed by atoms with van der Waals surface area (Å²) in [6.45, 7) is 5.48. The van der Waals surface area contributed by atoms with Gasteiger partial charge in [-0.05, 0) is 25.0 Å². The number of aromatic nitrogens is 1. The predicted octanol–water partition coefficient (Wildman–Crippen LogP) is 1.54. The van der Waals surface area contributed by atoms with Gasteiger partial charge in [0.1, 0.15) is 0 Å². The zero-order valence-corrected chi connectivity index (χ0v) is 10.3. The minimum Gasteiger partial charge on any atom is -0.241 e. The maximum absolute atomic E-state index is 13.3. The van der Waals surface area contributed by atoms with Crippen LogP contribution in [0.2, 0.25) is 0 Å². The highest BCUT2D eigenvalue weighted by Gasteiger charge is 2.23. The summed E-state index contributed by atoms with van der Waals surface area (Å²) in [5, 5.41) is -0.553. The van der Waals surface area contributed by atoms with Crippen LogP contribution in [-0.4, -0.2) is 19.4 Å². The Kier molecular flexibility index (Phi) is 3.98. The first-order valence-electron chi connectivity index (χ1n) is 4.97. The molecule has 1 unspecified atom stereocenters. The summed E-state index contributed by atoms with van der Waals surface area (Å²) in [5.41, 5.74) is 0. The second kappa shape index (κ2) is 4.88. The number of pyridine rings is 1. The van der Waals surface area contributed by atoms with Crippen LogP contribution in [0.1, 0.15) is 20.8 Å². The van der Waals surface area contributed by atoms with Crippen molar-refractivity contribution in [2.75, 3.05) is 0 Å². The molecule has 1 aromatic heterocycles. The lowest BCUT2D eigenvalue weighted by molar-refractivity contribution is 0.471. The van der Waals surface area contributed by atoms with Gasteiger partial charge in [0.05, 0.1) is 0 Å². The van der Waals surface area contributed by atoms with Gasteiger partial charge in [0.2, 0.25) is 5.03 Å². The van der Waals surface area contributed by atoms with Crippen molar-refractivity contribution >= 4 is 10.0 Å². The molecule has 4 nitrogen and oxygen atoms in total. The minimum atomic E-state index is -3.87. The first-order chi connectivity index (χ1) is 7.34. The average molecular weight is 246 g/mol. The quantitative estimate of drug-likeness (QED) is 0.876. The molecule has 0 amide bonds. The van der Waals surface area contributed by atoms with E-state index in [0.717, 1.165) is 6.07 Å². The molecule has 1 N–H and O–H groups in total. The van der Waals surface area contributed by atoms with Crippen LogP contribution in [0.3, 0.4) is 0 Å². The summed E-state index contributed by atoms with van der Waals surface area (Å²) in [4.78, 5) is 3.54. The fourth-order valence-corrected chi connectivity index (χ4v) is 2.40. The Hall–Kier alpha value is -1.01. The van der Waals surface area contributed by atoms with Gasteiger partial charge in [-0.2, -0.15) is 0 Å². The molecule has 0 bridgehead atoms. The second-order valence-electron chi connectivity index (χ2n) is 3.94. The molecule has 0 fully saturated rings. The molecule has 0 aliphatic heterocycles. The molecular formula is C10H15FN2O2S. The van der Waals surface area contributed by atoms with E-state index in [1.807, 2.05) is 13.8 Å². The van der Waals surface area contributed by atoms with Crippen LogP contribution in [0, 0.1) is 11.7 Å². The lowest BCUT2D eigenvalue weighted by Gasteiger charge is -2.17. The van der Waals surface area contributed by atoms with Crippen molar-refractivity contribution in [3.63, 3.8) is 0 Å². The van der Waals surface area contributed by atoms with Crippen molar-refractivity contribution in [2.45, 2.75) is 31.8 Å². The van der Waals surface area contributed by atoms with Crippen molar-refractivity contribution in [3.05, 3.63) is 24.1 Å².